The number of hydrogen-bond donors (Lipinski definition) is 2. The lowest BCUT2D eigenvalue weighted by molar-refractivity contribution is 0.521. The molecule has 1 heterocycles. The standard InChI is InChI=1S/C9H18N4O2S3/c1-4-9(5-2,16-3)6-11-18(14,15)8-13-12-7(10)17-8/h11H,4-6H2,1-3H3,(H2,10,12). The van der Waals surface area contributed by atoms with Gasteiger partial charge < -0.3 is 5.73 Å². The van der Waals surface area contributed by atoms with E-state index in [1.165, 1.54) is 0 Å². The van der Waals surface area contributed by atoms with E-state index in [0.29, 0.717) is 6.54 Å². The Hall–Kier alpha value is -0.380. The van der Waals surface area contributed by atoms with Crippen molar-refractivity contribution in [2.75, 3.05) is 18.5 Å². The molecule has 18 heavy (non-hydrogen) atoms. The van der Waals surface area contributed by atoms with Crippen molar-refractivity contribution in [2.45, 2.75) is 35.8 Å². The Bertz CT molecular complexity index is 473. The highest BCUT2D eigenvalue weighted by molar-refractivity contribution is 8.00. The average Bonchev–Trinajstić information content (AvgIpc) is 2.79. The smallest absolute Gasteiger partial charge is 0.269 e. The molecule has 0 aliphatic carbocycles. The summed E-state index contributed by atoms with van der Waals surface area (Å²) >= 11 is 2.54. The second kappa shape index (κ2) is 6.18. The fraction of sp³-hybridized carbons (Fsp3) is 0.778. The van der Waals surface area contributed by atoms with Gasteiger partial charge in [0.05, 0.1) is 0 Å². The van der Waals surface area contributed by atoms with E-state index in [1.807, 2.05) is 6.26 Å². The SMILES string of the molecule is CCC(CC)(CNS(=O)(=O)c1nnc(N)s1)SC. The van der Waals surface area contributed by atoms with E-state index in [4.69, 9.17) is 5.73 Å². The first-order valence-corrected chi connectivity index (χ1v) is 9.05. The van der Waals surface area contributed by atoms with Crippen LogP contribution in [-0.4, -0.2) is 36.2 Å². The normalized spacial score (nSPS) is 12.8. The van der Waals surface area contributed by atoms with Crippen LogP contribution in [0.4, 0.5) is 5.13 Å². The molecule has 0 bridgehead atoms. The second-order valence-electron chi connectivity index (χ2n) is 3.83. The molecule has 1 rings (SSSR count). The van der Waals surface area contributed by atoms with Gasteiger partial charge in [0, 0.05) is 11.3 Å². The van der Waals surface area contributed by atoms with Gasteiger partial charge in [0.25, 0.3) is 10.0 Å². The zero-order chi connectivity index (χ0) is 13.8. The number of nitrogens with two attached hydrogens (primary N) is 1. The zero-order valence-electron chi connectivity index (χ0n) is 10.6. The van der Waals surface area contributed by atoms with Crippen molar-refractivity contribution >= 4 is 38.3 Å². The molecule has 9 heteroatoms. The molecule has 0 aliphatic heterocycles. The summed E-state index contributed by atoms with van der Waals surface area (Å²) in [5, 5.41) is 7.21. The van der Waals surface area contributed by atoms with Crippen molar-refractivity contribution in [3.05, 3.63) is 0 Å². The van der Waals surface area contributed by atoms with Gasteiger partial charge in [-0.3, -0.25) is 0 Å². The molecule has 0 aromatic carbocycles. The third kappa shape index (κ3) is 3.56. The zero-order valence-corrected chi connectivity index (χ0v) is 13.1. The van der Waals surface area contributed by atoms with Crippen LogP contribution in [0.25, 0.3) is 0 Å². The lowest BCUT2D eigenvalue weighted by Crippen LogP contribution is -2.39. The van der Waals surface area contributed by atoms with E-state index >= 15 is 0 Å². The van der Waals surface area contributed by atoms with E-state index < -0.39 is 10.0 Å². The summed E-state index contributed by atoms with van der Waals surface area (Å²) in [4.78, 5) is 0. The van der Waals surface area contributed by atoms with Crippen LogP contribution in [0.1, 0.15) is 26.7 Å². The molecule has 104 valence electrons. The average molecular weight is 310 g/mol. The van der Waals surface area contributed by atoms with Crippen molar-refractivity contribution in [3.63, 3.8) is 0 Å². The molecule has 0 atom stereocenters. The molecule has 0 spiro atoms. The van der Waals surface area contributed by atoms with Gasteiger partial charge in [-0.25, -0.2) is 13.1 Å². The molecule has 0 radical (unpaired) electrons. The van der Waals surface area contributed by atoms with Gasteiger partial charge in [-0.1, -0.05) is 25.2 Å². The first kappa shape index (κ1) is 15.7. The summed E-state index contributed by atoms with van der Waals surface area (Å²) in [6, 6.07) is 0. The van der Waals surface area contributed by atoms with E-state index in [2.05, 4.69) is 28.8 Å². The van der Waals surface area contributed by atoms with Gasteiger partial charge >= 0.3 is 0 Å². The number of hydrogen-bond acceptors (Lipinski definition) is 7. The third-order valence-electron chi connectivity index (χ3n) is 2.96. The minimum Gasteiger partial charge on any atom is -0.374 e. The first-order chi connectivity index (χ1) is 8.39. The van der Waals surface area contributed by atoms with Crippen molar-refractivity contribution in [1.82, 2.24) is 14.9 Å². The Labute approximate surface area is 116 Å². The highest BCUT2D eigenvalue weighted by atomic mass is 32.2. The Balaban J connectivity index is 2.79. The maximum atomic E-state index is 12.0. The van der Waals surface area contributed by atoms with Crippen LogP contribution >= 0.6 is 23.1 Å². The van der Waals surface area contributed by atoms with Crippen LogP contribution in [0, 0.1) is 0 Å². The Kier molecular flexibility index (Phi) is 5.38. The quantitative estimate of drug-likeness (QED) is 0.788. The summed E-state index contributed by atoms with van der Waals surface area (Å²) in [5.41, 5.74) is 5.38. The largest absolute Gasteiger partial charge is 0.374 e. The molecule has 0 fully saturated rings. The lowest BCUT2D eigenvalue weighted by atomic mass is 10.0. The van der Waals surface area contributed by atoms with E-state index in [0.717, 1.165) is 24.2 Å². The molecule has 0 saturated carbocycles. The molecule has 1 aromatic rings. The van der Waals surface area contributed by atoms with Gasteiger partial charge in [0.15, 0.2) is 0 Å². The molecule has 0 amide bonds. The topological polar surface area (TPSA) is 98.0 Å². The van der Waals surface area contributed by atoms with Crippen LogP contribution in [0.3, 0.4) is 0 Å². The summed E-state index contributed by atoms with van der Waals surface area (Å²) in [5.74, 6) is 0. The van der Waals surface area contributed by atoms with Crippen LogP contribution in [-0.2, 0) is 10.0 Å². The Morgan fingerprint density at radius 3 is 2.39 bits per heavy atom. The van der Waals surface area contributed by atoms with Crippen LogP contribution < -0.4 is 10.5 Å². The van der Waals surface area contributed by atoms with Crippen molar-refractivity contribution < 1.29 is 8.42 Å². The van der Waals surface area contributed by atoms with Crippen LogP contribution in [0.2, 0.25) is 0 Å². The van der Waals surface area contributed by atoms with Crippen LogP contribution in [0.15, 0.2) is 4.34 Å². The van der Waals surface area contributed by atoms with Crippen LogP contribution in [0.5, 0.6) is 0 Å². The Morgan fingerprint density at radius 1 is 1.39 bits per heavy atom. The maximum Gasteiger partial charge on any atom is 0.269 e. The van der Waals surface area contributed by atoms with E-state index in [-0.39, 0.29) is 14.2 Å². The molecule has 0 saturated heterocycles. The summed E-state index contributed by atoms with van der Waals surface area (Å²) in [6.45, 7) is 4.48. The molecule has 3 N–H and O–H groups in total. The van der Waals surface area contributed by atoms with Gasteiger partial charge in [-0.15, -0.1) is 10.2 Å². The maximum absolute atomic E-state index is 12.0. The number of thioether (sulfide) groups is 1. The molecular weight excluding hydrogens is 292 g/mol. The third-order valence-corrected chi connectivity index (χ3v) is 7.07. The number of nitrogens with zero attached hydrogens (tertiary/aromatic N) is 2. The van der Waals surface area contributed by atoms with Crippen molar-refractivity contribution in [1.29, 1.82) is 0 Å². The number of rotatable bonds is 7. The summed E-state index contributed by atoms with van der Waals surface area (Å²) in [7, 11) is -3.60. The number of nitrogen functional groups attached to an aromatic ring is 1. The molecule has 0 unspecified atom stereocenters. The number of nitrogens with one attached hydrogen (secondary N) is 1. The number of sulfonamides is 1. The highest BCUT2D eigenvalue weighted by Gasteiger charge is 2.28. The molecule has 1 aromatic heterocycles. The fourth-order valence-electron chi connectivity index (χ4n) is 1.48. The van der Waals surface area contributed by atoms with E-state index in [9.17, 15) is 8.42 Å². The molecule has 0 aliphatic rings. The predicted octanol–water partition coefficient (Wildman–Crippen LogP) is 1.32. The summed E-state index contributed by atoms with van der Waals surface area (Å²) < 4.78 is 26.4. The number of anilines is 1. The van der Waals surface area contributed by atoms with Gasteiger partial charge in [0.2, 0.25) is 9.47 Å². The molecule has 6 nitrogen and oxygen atoms in total. The lowest BCUT2D eigenvalue weighted by Gasteiger charge is -2.29. The summed E-state index contributed by atoms with van der Waals surface area (Å²) in [6.07, 6.45) is 3.78. The van der Waals surface area contributed by atoms with Gasteiger partial charge in [0.1, 0.15) is 0 Å². The van der Waals surface area contributed by atoms with Gasteiger partial charge in [-0.2, -0.15) is 11.8 Å². The second-order valence-corrected chi connectivity index (χ2v) is 8.05. The highest BCUT2D eigenvalue weighted by Crippen LogP contribution is 2.30. The fourth-order valence-corrected chi connectivity index (χ4v) is 4.32. The minimum atomic E-state index is -3.60. The van der Waals surface area contributed by atoms with Gasteiger partial charge in [-0.05, 0) is 19.1 Å². The van der Waals surface area contributed by atoms with E-state index in [1.54, 1.807) is 11.8 Å². The Morgan fingerprint density at radius 2 is 2.00 bits per heavy atom. The molecular formula is C9H18N4O2S3. The minimum absolute atomic E-state index is 0.0801. The number of aromatic nitrogens is 2. The van der Waals surface area contributed by atoms with Crippen molar-refractivity contribution in [2.24, 2.45) is 0 Å². The monoisotopic (exact) mass is 310 g/mol. The first-order valence-electron chi connectivity index (χ1n) is 5.53. The predicted molar refractivity (Wildman–Crippen MR) is 76.3 cm³/mol. The van der Waals surface area contributed by atoms with Crippen molar-refractivity contribution in [3.8, 4) is 0 Å².